The summed E-state index contributed by atoms with van der Waals surface area (Å²) in [5, 5.41) is 3.91. The number of ether oxygens (including phenoxy) is 3. The van der Waals surface area contributed by atoms with Crippen molar-refractivity contribution in [1.82, 2.24) is 4.90 Å². The van der Waals surface area contributed by atoms with Gasteiger partial charge in [-0.25, -0.2) is 4.79 Å². The average molecular weight is 703 g/mol. The van der Waals surface area contributed by atoms with Crippen molar-refractivity contribution < 1.29 is 33.4 Å². The van der Waals surface area contributed by atoms with Gasteiger partial charge in [0.25, 0.3) is 0 Å². The minimum atomic E-state index is -0.616. The van der Waals surface area contributed by atoms with E-state index in [1.807, 2.05) is 44.2 Å². The van der Waals surface area contributed by atoms with Crippen LogP contribution in [0, 0.1) is 0 Å². The predicted molar refractivity (Wildman–Crippen MR) is 195 cm³/mol. The van der Waals surface area contributed by atoms with Crippen LogP contribution in [0.5, 0.6) is 5.75 Å². The molecule has 0 N–H and O–H groups in total. The molecule has 0 spiro atoms. The van der Waals surface area contributed by atoms with Crippen LogP contribution in [0.3, 0.4) is 0 Å². The highest BCUT2D eigenvalue weighted by atomic mass is 35.5. The van der Waals surface area contributed by atoms with Gasteiger partial charge in [-0.05, 0) is 85.3 Å². The second-order valence-corrected chi connectivity index (χ2v) is 14.1. The van der Waals surface area contributed by atoms with E-state index in [0.29, 0.717) is 48.7 Å². The van der Waals surface area contributed by atoms with Crippen molar-refractivity contribution >= 4 is 35.0 Å². The van der Waals surface area contributed by atoms with Gasteiger partial charge in [-0.2, -0.15) is 0 Å². The smallest absolute Gasteiger partial charge is 0.435 e. The maximum atomic E-state index is 13.7. The fraction of sp³-hybridized carbons (Fsp3) is 0.450. The van der Waals surface area contributed by atoms with Crippen LogP contribution in [0.15, 0.2) is 65.8 Å². The number of oxime groups is 1. The van der Waals surface area contributed by atoms with E-state index in [0.717, 1.165) is 47.9 Å². The lowest BCUT2D eigenvalue weighted by molar-refractivity contribution is -0.141. The molecule has 0 saturated carbocycles. The first-order valence-electron chi connectivity index (χ1n) is 17.4. The number of nitrogens with zero attached hydrogens (tertiary/aromatic N) is 2. The summed E-state index contributed by atoms with van der Waals surface area (Å²) in [5.74, 6) is -0.761. The summed E-state index contributed by atoms with van der Waals surface area (Å²) >= 11 is 6.15. The third-order valence-electron chi connectivity index (χ3n) is 9.26. The molecule has 1 saturated heterocycles. The lowest BCUT2D eigenvalue weighted by Crippen LogP contribution is -2.33. The first-order valence-corrected chi connectivity index (χ1v) is 17.9. The van der Waals surface area contributed by atoms with Crippen LogP contribution in [0.25, 0.3) is 11.1 Å². The number of carbonyl (C=O) groups excluding carboxylic acids is 3. The first-order chi connectivity index (χ1) is 23.9. The average Bonchev–Trinajstić information content (AvgIpc) is 3.58. The van der Waals surface area contributed by atoms with Gasteiger partial charge in [-0.1, -0.05) is 70.0 Å². The maximum absolute atomic E-state index is 13.7. The molecule has 10 heteroatoms. The lowest BCUT2D eigenvalue weighted by Gasteiger charge is -2.21. The molecule has 5 rings (SSSR count). The molecule has 266 valence electrons. The number of hydrogen-bond acceptors (Lipinski definition) is 8. The number of unbranched alkanes of at least 4 members (excludes halogenated alkanes) is 2. The number of halogens is 1. The summed E-state index contributed by atoms with van der Waals surface area (Å²) in [4.78, 5) is 46.9. The zero-order chi connectivity index (χ0) is 36.1. The van der Waals surface area contributed by atoms with Gasteiger partial charge in [0.2, 0.25) is 5.78 Å². The molecule has 0 radical (unpaired) electrons. The fourth-order valence-corrected chi connectivity index (χ4v) is 6.56. The Bertz CT molecular complexity index is 1740. The quantitative estimate of drug-likeness (QED) is 0.0514. The molecule has 1 atom stereocenters. The van der Waals surface area contributed by atoms with Crippen LogP contribution < -0.4 is 4.74 Å². The van der Waals surface area contributed by atoms with Gasteiger partial charge < -0.3 is 19.1 Å². The summed E-state index contributed by atoms with van der Waals surface area (Å²) in [6.07, 6.45) is 2.81. The molecule has 9 nitrogen and oxygen atoms in total. The van der Waals surface area contributed by atoms with Crippen LogP contribution >= 0.6 is 11.6 Å². The van der Waals surface area contributed by atoms with E-state index in [1.165, 1.54) is 0 Å². The zero-order valence-corrected chi connectivity index (χ0v) is 30.6. The molecule has 1 aliphatic heterocycles. The SMILES string of the molecule is CCCCN(CCCC)C(=O)O/N=C(\CCl)C(=O)c1ccc2c(c1)-c1cc(C(=O)c3ccc(OCC4COC(C)(C)O4)cc3)ccc1C2(C)C. The molecule has 1 aliphatic carbocycles. The lowest BCUT2D eigenvalue weighted by atomic mass is 9.82. The third-order valence-corrected chi connectivity index (χ3v) is 9.52. The summed E-state index contributed by atoms with van der Waals surface area (Å²) in [7, 11) is 0. The molecule has 1 unspecified atom stereocenters. The van der Waals surface area contributed by atoms with Crippen LogP contribution in [0.2, 0.25) is 0 Å². The molecule has 1 fully saturated rings. The van der Waals surface area contributed by atoms with Gasteiger partial charge in [-0.15, -0.1) is 11.6 Å². The minimum Gasteiger partial charge on any atom is -0.491 e. The number of benzene rings is 3. The fourth-order valence-electron chi connectivity index (χ4n) is 6.39. The van der Waals surface area contributed by atoms with E-state index in [1.54, 1.807) is 35.2 Å². The Morgan fingerprint density at radius 1 is 0.860 bits per heavy atom. The molecular formula is C40H47ClN2O7. The molecular weight excluding hydrogens is 656 g/mol. The van der Waals surface area contributed by atoms with Crippen LogP contribution in [0.1, 0.15) is 105 Å². The largest absolute Gasteiger partial charge is 0.491 e. The standard InChI is InChI=1S/C40H47ClN2O7/c1-7-9-19-43(20-10-8-2)38(46)50-42-35(23-41)37(45)28-14-18-34-32(22-28)31-21-27(13-17-33(31)39(34,3)4)36(44)26-11-15-29(16-12-26)47-24-30-25-48-40(5,6)49-30/h11-18,21-22,30H,7-10,19-20,23-25H2,1-6H3/b42-35+. The van der Waals surface area contributed by atoms with Gasteiger partial charge in [-0.3, -0.25) is 14.4 Å². The predicted octanol–water partition coefficient (Wildman–Crippen LogP) is 8.57. The number of alkyl halides is 1. The van der Waals surface area contributed by atoms with Crippen LogP contribution in [-0.2, 0) is 19.7 Å². The summed E-state index contributed by atoms with van der Waals surface area (Å²) < 4.78 is 17.3. The minimum absolute atomic E-state index is 0.0623. The van der Waals surface area contributed by atoms with Gasteiger partial charge >= 0.3 is 6.09 Å². The normalized spacial score (nSPS) is 17.2. The zero-order valence-electron chi connectivity index (χ0n) is 29.8. The molecule has 3 aromatic rings. The topological polar surface area (TPSA) is 104 Å². The number of fused-ring (bicyclic) bond motifs is 3. The molecule has 50 heavy (non-hydrogen) atoms. The third kappa shape index (κ3) is 8.28. The van der Waals surface area contributed by atoms with Crippen molar-refractivity contribution in [2.75, 3.05) is 32.2 Å². The highest BCUT2D eigenvalue weighted by Crippen LogP contribution is 2.49. The van der Waals surface area contributed by atoms with Crippen molar-refractivity contribution in [3.8, 4) is 16.9 Å². The van der Waals surface area contributed by atoms with E-state index >= 15 is 0 Å². The number of ketones is 2. The first kappa shape index (κ1) is 37.2. The Kier molecular flexibility index (Phi) is 11.8. The maximum Gasteiger partial charge on any atom is 0.435 e. The Labute approximate surface area is 299 Å². The molecule has 0 aromatic heterocycles. The van der Waals surface area contributed by atoms with Crippen molar-refractivity contribution in [2.45, 2.75) is 84.5 Å². The molecule has 1 amide bonds. The molecule has 1 heterocycles. The highest BCUT2D eigenvalue weighted by Gasteiger charge is 2.37. The van der Waals surface area contributed by atoms with E-state index in [2.05, 4.69) is 32.9 Å². The summed E-state index contributed by atoms with van der Waals surface area (Å²) in [5.41, 5.74) is 4.83. The van der Waals surface area contributed by atoms with Crippen molar-refractivity contribution in [3.63, 3.8) is 0 Å². The molecule has 3 aromatic carbocycles. The van der Waals surface area contributed by atoms with E-state index < -0.39 is 17.7 Å². The number of rotatable bonds is 15. The van der Waals surface area contributed by atoms with Gasteiger partial charge in [0.15, 0.2) is 11.6 Å². The number of amides is 1. The van der Waals surface area contributed by atoms with Gasteiger partial charge in [0, 0.05) is 35.2 Å². The van der Waals surface area contributed by atoms with E-state index in [-0.39, 0.29) is 28.9 Å². The molecule has 2 aliphatic rings. The Balaban J connectivity index is 1.33. The van der Waals surface area contributed by atoms with Gasteiger partial charge in [0.1, 0.15) is 24.2 Å². The number of Topliss-reactive ketones (excluding diaryl/α,β-unsaturated/α-hetero) is 1. The van der Waals surface area contributed by atoms with Crippen molar-refractivity contribution in [1.29, 1.82) is 0 Å². The van der Waals surface area contributed by atoms with Crippen molar-refractivity contribution in [3.05, 3.63) is 88.5 Å². The summed E-state index contributed by atoms with van der Waals surface area (Å²) in [6, 6.07) is 18.3. The highest BCUT2D eigenvalue weighted by molar-refractivity contribution is 6.53. The van der Waals surface area contributed by atoms with Crippen LogP contribution in [0.4, 0.5) is 4.79 Å². The number of hydrogen-bond donors (Lipinski definition) is 0. The Morgan fingerprint density at radius 3 is 2.00 bits per heavy atom. The van der Waals surface area contributed by atoms with Crippen molar-refractivity contribution in [2.24, 2.45) is 5.16 Å². The Hall–Kier alpha value is -4.05. The van der Waals surface area contributed by atoms with E-state index in [9.17, 15) is 14.4 Å². The second kappa shape index (κ2) is 15.9. The van der Waals surface area contributed by atoms with Gasteiger partial charge in [0.05, 0.1) is 12.5 Å². The van der Waals surface area contributed by atoms with Crippen LogP contribution in [-0.4, -0.2) is 72.3 Å². The number of carbonyl (C=O) groups is 3. The monoisotopic (exact) mass is 702 g/mol. The summed E-state index contributed by atoms with van der Waals surface area (Å²) in [6.45, 7) is 14.0. The molecule has 0 bridgehead atoms. The Morgan fingerprint density at radius 2 is 1.44 bits per heavy atom. The van der Waals surface area contributed by atoms with E-state index in [4.69, 9.17) is 30.6 Å². The second-order valence-electron chi connectivity index (χ2n) is 13.8.